The number of alkyl halides is 4. The van der Waals surface area contributed by atoms with Crippen LogP contribution < -0.4 is 4.90 Å². The van der Waals surface area contributed by atoms with Crippen LogP contribution in [0.4, 0.5) is 23.2 Å². The highest BCUT2D eigenvalue weighted by Crippen LogP contribution is 2.35. The fourth-order valence-electron chi connectivity index (χ4n) is 2.46. The number of nitrogens with zero attached hydrogens (tertiary/aromatic N) is 1. The van der Waals surface area contributed by atoms with Gasteiger partial charge < -0.3 is 4.90 Å². The zero-order valence-electron chi connectivity index (χ0n) is 10.3. The van der Waals surface area contributed by atoms with E-state index < -0.39 is 17.6 Å². The number of benzene rings is 1. The Kier molecular flexibility index (Phi) is 3.95. The molecule has 0 N–H and O–H groups in total. The van der Waals surface area contributed by atoms with E-state index in [0.29, 0.717) is 24.4 Å². The number of rotatable bonds is 2. The van der Waals surface area contributed by atoms with Gasteiger partial charge >= 0.3 is 6.18 Å². The van der Waals surface area contributed by atoms with Gasteiger partial charge in [-0.2, -0.15) is 13.2 Å². The minimum atomic E-state index is -4.52. The van der Waals surface area contributed by atoms with Crippen LogP contribution in [0.2, 0.25) is 0 Å². The molecule has 0 spiro atoms. The van der Waals surface area contributed by atoms with E-state index in [4.69, 9.17) is 11.6 Å². The molecule has 0 amide bonds. The summed E-state index contributed by atoms with van der Waals surface area (Å²) in [4.78, 5) is 1.76. The minimum absolute atomic E-state index is 0.0343. The number of halogens is 5. The zero-order chi connectivity index (χ0) is 14.2. The fraction of sp³-hybridized carbons (Fsp3) is 0.538. The normalized spacial score (nSPS) is 24.0. The molecule has 0 bridgehead atoms. The van der Waals surface area contributed by atoms with Gasteiger partial charge in [0.2, 0.25) is 0 Å². The van der Waals surface area contributed by atoms with E-state index in [1.165, 1.54) is 6.07 Å². The Balaban J connectivity index is 2.32. The van der Waals surface area contributed by atoms with Crippen LogP contribution in [-0.2, 0) is 6.18 Å². The summed E-state index contributed by atoms with van der Waals surface area (Å²) in [7, 11) is 0. The summed E-state index contributed by atoms with van der Waals surface area (Å²) in [6, 6.07) is 2.61. The second-order valence-electron chi connectivity index (χ2n) is 4.84. The third-order valence-electron chi connectivity index (χ3n) is 3.63. The Bertz CT molecular complexity index is 460. The van der Waals surface area contributed by atoms with Gasteiger partial charge in [-0.15, -0.1) is 11.6 Å². The summed E-state index contributed by atoms with van der Waals surface area (Å²) in [5.74, 6) is -0.208. The second kappa shape index (κ2) is 5.19. The summed E-state index contributed by atoms with van der Waals surface area (Å²) in [5, 5.41) is 0. The van der Waals surface area contributed by atoms with E-state index in [9.17, 15) is 17.6 Å². The smallest absolute Gasteiger partial charge is 0.365 e. The van der Waals surface area contributed by atoms with Crippen LogP contribution in [0.1, 0.15) is 18.9 Å². The lowest BCUT2D eigenvalue weighted by Gasteiger charge is -2.27. The lowest BCUT2D eigenvalue weighted by atomic mass is 10.0. The van der Waals surface area contributed by atoms with Crippen molar-refractivity contribution >= 4 is 17.3 Å². The predicted molar refractivity (Wildman–Crippen MR) is 67.0 cm³/mol. The Morgan fingerprint density at radius 1 is 1.37 bits per heavy atom. The van der Waals surface area contributed by atoms with Gasteiger partial charge in [-0.1, -0.05) is 6.92 Å². The molecule has 2 rings (SSSR count). The minimum Gasteiger partial charge on any atom is -0.365 e. The van der Waals surface area contributed by atoms with Crippen molar-refractivity contribution in [1.29, 1.82) is 0 Å². The molecule has 2 unspecified atom stereocenters. The third kappa shape index (κ3) is 2.81. The molecule has 0 aliphatic carbocycles. The van der Waals surface area contributed by atoms with Crippen LogP contribution in [0.5, 0.6) is 0 Å². The molecule has 1 aromatic rings. The van der Waals surface area contributed by atoms with E-state index in [2.05, 4.69) is 0 Å². The van der Waals surface area contributed by atoms with Crippen molar-refractivity contribution in [2.75, 3.05) is 17.3 Å². The molecule has 19 heavy (non-hydrogen) atoms. The Morgan fingerprint density at radius 2 is 2.05 bits per heavy atom. The maximum Gasteiger partial charge on any atom is 0.416 e. The third-order valence-corrected chi connectivity index (χ3v) is 3.94. The molecule has 6 heteroatoms. The monoisotopic (exact) mass is 295 g/mol. The van der Waals surface area contributed by atoms with E-state index in [1.807, 2.05) is 6.92 Å². The summed E-state index contributed by atoms with van der Waals surface area (Å²) in [6.07, 6.45) is -3.67. The molecule has 1 aliphatic heterocycles. The van der Waals surface area contributed by atoms with Crippen LogP contribution in [0.3, 0.4) is 0 Å². The molecule has 1 saturated heterocycles. The Labute approximate surface area is 114 Å². The van der Waals surface area contributed by atoms with Crippen LogP contribution in [-0.4, -0.2) is 18.5 Å². The lowest BCUT2D eigenvalue weighted by Crippen LogP contribution is -2.34. The first-order valence-corrected chi connectivity index (χ1v) is 6.57. The average Bonchev–Trinajstić information content (AvgIpc) is 2.69. The Morgan fingerprint density at radius 3 is 2.58 bits per heavy atom. The van der Waals surface area contributed by atoms with Crippen LogP contribution in [0, 0.1) is 11.7 Å². The summed E-state index contributed by atoms with van der Waals surface area (Å²) >= 11 is 5.86. The fourth-order valence-corrected chi connectivity index (χ4v) is 2.93. The highest BCUT2D eigenvalue weighted by atomic mass is 35.5. The highest BCUT2D eigenvalue weighted by Gasteiger charge is 2.34. The number of hydrogen-bond donors (Lipinski definition) is 0. The van der Waals surface area contributed by atoms with Crippen molar-refractivity contribution in [3.05, 3.63) is 29.6 Å². The first-order chi connectivity index (χ1) is 8.84. The summed E-state index contributed by atoms with van der Waals surface area (Å²) in [5.41, 5.74) is -0.772. The average molecular weight is 296 g/mol. The molecular formula is C13H14ClF4N. The van der Waals surface area contributed by atoms with Crippen molar-refractivity contribution in [3.8, 4) is 0 Å². The van der Waals surface area contributed by atoms with Gasteiger partial charge in [-0.05, 0) is 30.5 Å². The molecular weight excluding hydrogens is 282 g/mol. The van der Waals surface area contributed by atoms with Crippen molar-refractivity contribution < 1.29 is 17.6 Å². The van der Waals surface area contributed by atoms with E-state index in [-0.39, 0.29) is 11.7 Å². The van der Waals surface area contributed by atoms with Gasteiger partial charge in [0.15, 0.2) is 0 Å². The van der Waals surface area contributed by atoms with Gasteiger partial charge in [0, 0.05) is 18.5 Å². The van der Waals surface area contributed by atoms with Crippen LogP contribution in [0.15, 0.2) is 18.2 Å². The summed E-state index contributed by atoms with van der Waals surface area (Å²) < 4.78 is 51.3. The predicted octanol–water partition coefficient (Wildman–Crippen LogP) is 4.30. The van der Waals surface area contributed by atoms with Crippen LogP contribution >= 0.6 is 11.6 Å². The van der Waals surface area contributed by atoms with Crippen molar-refractivity contribution in [2.45, 2.75) is 25.6 Å². The molecule has 2 atom stereocenters. The van der Waals surface area contributed by atoms with Gasteiger partial charge in [0.1, 0.15) is 5.82 Å². The maximum atomic E-state index is 13.9. The van der Waals surface area contributed by atoms with Gasteiger partial charge in [-0.3, -0.25) is 0 Å². The molecule has 1 fully saturated rings. The SMILES string of the molecule is CC1CCN(c2ccc(C(F)(F)F)cc2F)C1CCl. The van der Waals surface area contributed by atoms with Crippen molar-refractivity contribution in [2.24, 2.45) is 5.92 Å². The zero-order valence-corrected chi connectivity index (χ0v) is 11.1. The molecule has 0 saturated carbocycles. The highest BCUT2D eigenvalue weighted by molar-refractivity contribution is 6.18. The summed E-state index contributed by atoms with van der Waals surface area (Å²) in [6.45, 7) is 2.62. The molecule has 1 aromatic carbocycles. The van der Waals surface area contributed by atoms with Gasteiger partial charge in [0.25, 0.3) is 0 Å². The molecule has 1 aliphatic rings. The second-order valence-corrected chi connectivity index (χ2v) is 5.15. The Hall–Kier alpha value is -0.970. The molecule has 1 nitrogen and oxygen atoms in total. The standard InChI is InChI=1S/C13H14ClF4N/c1-8-4-5-19(12(8)7-14)11-3-2-9(6-10(11)15)13(16,17)18/h2-3,6,8,12H,4-5,7H2,1H3. The van der Waals surface area contributed by atoms with Gasteiger partial charge in [-0.25, -0.2) is 4.39 Å². The van der Waals surface area contributed by atoms with E-state index >= 15 is 0 Å². The quantitative estimate of drug-likeness (QED) is 0.581. The van der Waals surface area contributed by atoms with Crippen LogP contribution in [0.25, 0.3) is 0 Å². The maximum absolute atomic E-state index is 13.9. The lowest BCUT2D eigenvalue weighted by molar-refractivity contribution is -0.137. The van der Waals surface area contributed by atoms with Crippen molar-refractivity contribution in [3.63, 3.8) is 0 Å². The topological polar surface area (TPSA) is 3.24 Å². The first kappa shape index (κ1) is 14.4. The number of hydrogen-bond acceptors (Lipinski definition) is 1. The number of anilines is 1. The molecule has 1 heterocycles. The first-order valence-electron chi connectivity index (χ1n) is 6.04. The molecule has 106 valence electrons. The van der Waals surface area contributed by atoms with Gasteiger partial charge in [0.05, 0.1) is 11.3 Å². The molecule has 0 aromatic heterocycles. The van der Waals surface area contributed by atoms with E-state index in [1.54, 1.807) is 4.90 Å². The molecule has 0 radical (unpaired) electrons. The van der Waals surface area contributed by atoms with Crippen molar-refractivity contribution in [1.82, 2.24) is 0 Å². The largest absolute Gasteiger partial charge is 0.416 e. The van der Waals surface area contributed by atoms with E-state index in [0.717, 1.165) is 12.5 Å².